The summed E-state index contributed by atoms with van der Waals surface area (Å²) in [4.78, 5) is 13.7. The monoisotopic (exact) mass is 273 g/mol. The van der Waals surface area contributed by atoms with Crippen molar-refractivity contribution in [3.63, 3.8) is 0 Å². The first-order valence-electron chi connectivity index (χ1n) is 6.73. The lowest BCUT2D eigenvalue weighted by atomic mass is 10.1. The molecule has 4 heteroatoms. The minimum absolute atomic E-state index is 0.321. The van der Waals surface area contributed by atoms with Gasteiger partial charge in [0, 0.05) is 18.5 Å². The van der Waals surface area contributed by atoms with Crippen LogP contribution >= 0.6 is 0 Å². The summed E-state index contributed by atoms with van der Waals surface area (Å²) in [5, 5.41) is 1.88. The van der Waals surface area contributed by atoms with Gasteiger partial charge in [0.1, 0.15) is 11.5 Å². The maximum atomic E-state index is 12.0. The van der Waals surface area contributed by atoms with Crippen molar-refractivity contribution < 1.29 is 14.3 Å². The molecule has 0 N–H and O–H groups in total. The lowest BCUT2D eigenvalue weighted by molar-refractivity contribution is 0.158. The number of amides is 1. The van der Waals surface area contributed by atoms with Crippen LogP contribution in [0.5, 0.6) is 11.5 Å². The lowest BCUT2D eigenvalue weighted by Crippen LogP contribution is -2.33. The number of nitrogens with zero attached hydrogens (tertiary/aromatic N) is 1. The van der Waals surface area contributed by atoms with Gasteiger partial charge in [0.2, 0.25) is 0 Å². The molecule has 0 atom stereocenters. The molecular formula is C16H19NO3. The van der Waals surface area contributed by atoms with E-state index in [9.17, 15) is 4.79 Å². The molecular weight excluding hydrogens is 254 g/mol. The summed E-state index contributed by atoms with van der Waals surface area (Å²) in [6, 6.07) is 11.3. The molecule has 0 aliphatic heterocycles. The van der Waals surface area contributed by atoms with Crippen molar-refractivity contribution in [2.24, 2.45) is 0 Å². The summed E-state index contributed by atoms with van der Waals surface area (Å²) < 4.78 is 10.7. The van der Waals surface area contributed by atoms with Crippen LogP contribution in [0.4, 0.5) is 4.79 Å². The topological polar surface area (TPSA) is 38.8 Å². The fourth-order valence-electron chi connectivity index (χ4n) is 2.09. The van der Waals surface area contributed by atoms with E-state index in [4.69, 9.17) is 9.47 Å². The van der Waals surface area contributed by atoms with Gasteiger partial charge in [-0.1, -0.05) is 12.1 Å². The first-order valence-corrected chi connectivity index (χ1v) is 6.73. The smallest absolute Gasteiger partial charge is 0.415 e. The second-order valence-electron chi connectivity index (χ2n) is 4.38. The predicted molar refractivity (Wildman–Crippen MR) is 79.4 cm³/mol. The van der Waals surface area contributed by atoms with Gasteiger partial charge >= 0.3 is 6.09 Å². The zero-order valence-corrected chi connectivity index (χ0v) is 12.1. The molecule has 0 aliphatic carbocycles. The molecule has 2 rings (SSSR count). The van der Waals surface area contributed by atoms with E-state index in [1.165, 1.54) is 0 Å². The second-order valence-corrected chi connectivity index (χ2v) is 4.38. The fraction of sp³-hybridized carbons (Fsp3) is 0.312. The highest BCUT2D eigenvalue weighted by atomic mass is 16.6. The van der Waals surface area contributed by atoms with Gasteiger partial charge in [0.25, 0.3) is 0 Å². The van der Waals surface area contributed by atoms with Crippen molar-refractivity contribution in [3.8, 4) is 11.5 Å². The molecule has 0 unspecified atom stereocenters. The molecule has 0 saturated carbocycles. The Morgan fingerprint density at radius 1 is 1.15 bits per heavy atom. The number of methoxy groups -OCH3 is 1. The number of fused-ring (bicyclic) bond motifs is 1. The van der Waals surface area contributed by atoms with Crippen molar-refractivity contribution in [1.29, 1.82) is 0 Å². The van der Waals surface area contributed by atoms with Crippen LogP contribution in [-0.4, -0.2) is 31.2 Å². The number of hydrogen-bond acceptors (Lipinski definition) is 3. The third-order valence-corrected chi connectivity index (χ3v) is 3.27. The molecule has 0 aliphatic rings. The summed E-state index contributed by atoms with van der Waals surface area (Å²) in [5.41, 5.74) is 0. The van der Waals surface area contributed by atoms with Crippen LogP contribution in [0.2, 0.25) is 0 Å². The van der Waals surface area contributed by atoms with E-state index in [2.05, 4.69) is 0 Å². The molecule has 1 amide bonds. The Hall–Kier alpha value is -2.23. The molecule has 0 fully saturated rings. The molecule has 2 aromatic rings. The van der Waals surface area contributed by atoms with Crippen LogP contribution in [-0.2, 0) is 0 Å². The van der Waals surface area contributed by atoms with E-state index in [-0.39, 0.29) is 6.09 Å². The highest BCUT2D eigenvalue weighted by Crippen LogP contribution is 2.29. The SMILES string of the molecule is CCN(CC)C(=O)Oc1cccc2cc(OC)ccc12. The number of hydrogen-bond donors (Lipinski definition) is 0. The minimum Gasteiger partial charge on any atom is -0.497 e. The molecule has 20 heavy (non-hydrogen) atoms. The van der Waals surface area contributed by atoms with Gasteiger partial charge in [0.15, 0.2) is 0 Å². The van der Waals surface area contributed by atoms with Crippen molar-refractivity contribution >= 4 is 16.9 Å². The van der Waals surface area contributed by atoms with Gasteiger partial charge in [-0.15, -0.1) is 0 Å². The van der Waals surface area contributed by atoms with E-state index in [1.807, 2.05) is 44.2 Å². The quantitative estimate of drug-likeness (QED) is 0.852. The van der Waals surface area contributed by atoms with Crippen LogP contribution in [0.1, 0.15) is 13.8 Å². The molecule has 0 spiro atoms. The first-order chi connectivity index (χ1) is 9.69. The molecule has 2 aromatic carbocycles. The Bertz CT molecular complexity index is 606. The van der Waals surface area contributed by atoms with Crippen molar-refractivity contribution in [2.45, 2.75) is 13.8 Å². The number of carbonyl (C=O) groups excluding carboxylic acids is 1. The van der Waals surface area contributed by atoms with Crippen LogP contribution in [0.15, 0.2) is 36.4 Å². The Labute approximate surface area is 118 Å². The molecule has 4 nitrogen and oxygen atoms in total. The molecule has 0 saturated heterocycles. The molecule has 0 aromatic heterocycles. The Kier molecular flexibility index (Phi) is 4.45. The van der Waals surface area contributed by atoms with E-state index in [0.717, 1.165) is 16.5 Å². The average molecular weight is 273 g/mol. The maximum Gasteiger partial charge on any atom is 0.415 e. The molecule has 106 valence electrons. The summed E-state index contributed by atoms with van der Waals surface area (Å²) in [7, 11) is 1.63. The largest absolute Gasteiger partial charge is 0.497 e. The van der Waals surface area contributed by atoms with Gasteiger partial charge in [-0.3, -0.25) is 0 Å². The van der Waals surface area contributed by atoms with Crippen LogP contribution in [0.25, 0.3) is 10.8 Å². The minimum atomic E-state index is -0.321. The average Bonchev–Trinajstić information content (AvgIpc) is 2.48. The zero-order valence-electron chi connectivity index (χ0n) is 12.1. The number of ether oxygens (including phenoxy) is 2. The van der Waals surface area contributed by atoms with Crippen LogP contribution < -0.4 is 9.47 Å². The van der Waals surface area contributed by atoms with Crippen LogP contribution in [0.3, 0.4) is 0 Å². The third-order valence-electron chi connectivity index (χ3n) is 3.27. The standard InChI is InChI=1S/C16H19NO3/c1-4-17(5-2)16(18)20-15-8-6-7-12-11-13(19-3)9-10-14(12)15/h6-11H,4-5H2,1-3H3. The Morgan fingerprint density at radius 3 is 2.55 bits per heavy atom. The molecule has 0 bridgehead atoms. The highest BCUT2D eigenvalue weighted by molar-refractivity contribution is 5.91. The summed E-state index contributed by atoms with van der Waals surface area (Å²) in [6.45, 7) is 5.12. The van der Waals surface area contributed by atoms with Crippen molar-refractivity contribution in [2.75, 3.05) is 20.2 Å². The fourth-order valence-corrected chi connectivity index (χ4v) is 2.09. The second kappa shape index (κ2) is 6.28. The van der Waals surface area contributed by atoms with Gasteiger partial charge in [-0.25, -0.2) is 4.79 Å². The van der Waals surface area contributed by atoms with E-state index in [1.54, 1.807) is 18.1 Å². The summed E-state index contributed by atoms with van der Waals surface area (Å²) in [5.74, 6) is 1.35. The van der Waals surface area contributed by atoms with Crippen molar-refractivity contribution in [1.82, 2.24) is 4.90 Å². The summed E-state index contributed by atoms with van der Waals surface area (Å²) in [6.07, 6.45) is -0.321. The van der Waals surface area contributed by atoms with Crippen LogP contribution in [0, 0.1) is 0 Å². The van der Waals surface area contributed by atoms with Gasteiger partial charge in [0.05, 0.1) is 7.11 Å². The van der Waals surface area contributed by atoms with E-state index < -0.39 is 0 Å². The van der Waals surface area contributed by atoms with E-state index in [0.29, 0.717) is 18.8 Å². The lowest BCUT2D eigenvalue weighted by Gasteiger charge is -2.18. The first kappa shape index (κ1) is 14.2. The highest BCUT2D eigenvalue weighted by Gasteiger charge is 2.13. The number of rotatable bonds is 4. The number of carbonyl (C=O) groups is 1. The Balaban J connectivity index is 2.33. The zero-order chi connectivity index (χ0) is 14.5. The number of benzene rings is 2. The third kappa shape index (κ3) is 2.85. The molecule has 0 heterocycles. The van der Waals surface area contributed by atoms with E-state index >= 15 is 0 Å². The normalized spacial score (nSPS) is 10.3. The van der Waals surface area contributed by atoms with Crippen molar-refractivity contribution in [3.05, 3.63) is 36.4 Å². The predicted octanol–water partition coefficient (Wildman–Crippen LogP) is 3.69. The summed E-state index contributed by atoms with van der Waals surface area (Å²) >= 11 is 0. The Morgan fingerprint density at radius 2 is 1.90 bits per heavy atom. The van der Waals surface area contributed by atoms with Gasteiger partial charge in [-0.05, 0) is 43.5 Å². The van der Waals surface area contributed by atoms with Gasteiger partial charge < -0.3 is 14.4 Å². The van der Waals surface area contributed by atoms with Gasteiger partial charge in [-0.2, -0.15) is 0 Å². The molecule has 0 radical (unpaired) electrons. The maximum absolute atomic E-state index is 12.0.